The topological polar surface area (TPSA) is 59.2 Å². The third-order valence-electron chi connectivity index (χ3n) is 3.41. The number of aromatic nitrogens is 2. The van der Waals surface area contributed by atoms with Crippen LogP contribution in [0.5, 0.6) is 0 Å². The van der Waals surface area contributed by atoms with E-state index in [1.165, 1.54) is 0 Å². The van der Waals surface area contributed by atoms with Gasteiger partial charge in [0.2, 0.25) is 5.89 Å². The molecule has 0 N–H and O–H groups in total. The highest BCUT2D eigenvalue weighted by molar-refractivity contribution is 5.81. The Labute approximate surface area is 108 Å². The van der Waals surface area contributed by atoms with E-state index in [-0.39, 0.29) is 11.8 Å². The van der Waals surface area contributed by atoms with E-state index in [0.29, 0.717) is 12.4 Å². The minimum absolute atomic E-state index is 0.0280. The second-order valence-corrected chi connectivity index (χ2v) is 4.95. The summed E-state index contributed by atoms with van der Waals surface area (Å²) in [6.07, 6.45) is 5.08. The smallest absolute Gasteiger partial charge is 0.240 e. The Morgan fingerprint density at radius 2 is 2.33 bits per heavy atom. The van der Waals surface area contributed by atoms with E-state index < -0.39 is 0 Å². The molecule has 18 heavy (non-hydrogen) atoms. The molecule has 0 amide bonds. The molecule has 5 nitrogen and oxygen atoms in total. The number of Topliss-reactive ketones (excluding diaryl/α,β-unsaturated/α-hetero) is 1. The maximum absolute atomic E-state index is 11.6. The van der Waals surface area contributed by atoms with Gasteiger partial charge in [-0.1, -0.05) is 18.5 Å². The zero-order chi connectivity index (χ0) is 13.0. The van der Waals surface area contributed by atoms with E-state index in [1.54, 1.807) is 6.92 Å². The van der Waals surface area contributed by atoms with Crippen LogP contribution in [0.25, 0.3) is 0 Å². The van der Waals surface area contributed by atoms with Gasteiger partial charge in [0.25, 0.3) is 0 Å². The minimum Gasteiger partial charge on any atom is -0.338 e. The molecule has 1 aliphatic heterocycles. The molecule has 1 atom stereocenters. The van der Waals surface area contributed by atoms with Crippen molar-refractivity contribution in [3.63, 3.8) is 0 Å². The Morgan fingerprint density at radius 1 is 1.50 bits per heavy atom. The molecule has 0 radical (unpaired) electrons. The van der Waals surface area contributed by atoms with Gasteiger partial charge in [0.05, 0.1) is 12.6 Å². The van der Waals surface area contributed by atoms with Crippen LogP contribution in [0.1, 0.15) is 51.2 Å². The molecule has 100 valence electrons. The first-order valence-corrected chi connectivity index (χ1v) is 6.76. The first kappa shape index (κ1) is 13.2. The predicted molar refractivity (Wildman–Crippen MR) is 67.0 cm³/mol. The van der Waals surface area contributed by atoms with Crippen LogP contribution in [-0.2, 0) is 17.8 Å². The van der Waals surface area contributed by atoms with E-state index >= 15 is 0 Å². The number of rotatable bonds is 5. The molecule has 2 heterocycles. The van der Waals surface area contributed by atoms with Crippen molar-refractivity contribution in [3.05, 3.63) is 11.7 Å². The van der Waals surface area contributed by atoms with Gasteiger partial charge >= 0.3 is 0 Å². The van der Waals surface area contributed by atoms with Crippen molar-refractivity contribution >= 4 is 5.78 Å². The lowest BCUT2D eigenvalue weighted by Crippen LogP contribution is -2.43. The van der Waals surface area contributed by atoms with Crippen LogP contribution in [0, 0.1) is 0 Å². The van der Waals surface area contributed by atoms with Gasteiger partial charge in [-0.15, -0.1) is 0 Å². The number of hydrogen-bond donors (Lipinski definition) is 0. The Morgan fingerprint density at radius 3 is 3.06 bits per heavy atom. The van der Waals surface area contributed by atoms with E-state index in [4.69, 9.17) is 4.52 Å². The Balaban J connectivity index is 1.99. The highest BCUT2D eigenvalue weighted by Gasteiger charge is 2.27. The van der Waals surface area contributed by atoms with Crippen molar-refractivity contribution in [2.24, 2.45) is 0 Å². The van der Waals surface area contributed by atoms with Gasteiger partial charge in [0.1, 0.15) is 5.78 Å². The standard InChI is InChI=1S/C13H21N3O2/c1-3-6-12-14-13(18-15-12)9-16-8-5-4-7-11(16)10(2)17/h11H,3-9H2,1-2H3. The number of piperidine rings is 1. The summed E-state index contributed by atoms with van der Waals surface area (Å²) in [5, 5.41) is 3.94. The molecular formula is C13H21N3O2. The van der Waals surface area contributed by atoms with Crippen LogP contribution in [0.15, 0.2) is 4.52 Å². The first-order chi connectivity index (χ1) is 8.70. The second-order valence-electron chi connectivity index (χ2n) is 4.95. The molecule has 2 rings (SSSR count). The number of ketones is 1. The molecule has 1 unspecified atom stereocenters. The van der Waals surface area contributed by atoms with Crippen LogP contribution in [-0.4, -0.2) is 33.4 Å². The highest BCUT2D eigenvalue weighted by Crippen LogP contribution is 2.19. The summed E-state index contributed by atoms with van der Waals surface area (Å²) in [7, 11) is 0. The Hall–Kier alpha value is -1.23. The number of carbonyl (C=O) groups excluding carboxylic acids is 1. The molecule has 1 aromatic rings. The monoisotopic (exact) mass is 251 g/mol. The van der Waals surface area contributed by atoms with E-state index in [2.05, 4.69) is 22.0 Å². The predicted octanol–water partition coefficient (Wildman–Crippen LogP) is 1.97. The van der Waals surface area contributed by atoms with Gasteiger partial charge in [-0.25, -0.2) is 0 Å². The average Bonchev–Trinajstić information content (AvgIpc) is 2.77. The van der Waals surface area contributed by atoms with Crippen molar-refractivity contribution in [1.29, 1.82) is 0 Å². The fourth-order valence-electron chi connectivity index (χ4n) is 2.49. The minimum atomic E-state index is 0.0280. The van der Waals surface area contributed by atoms with Gasteiger partial charge in [-0.05, 0) is 32.7 Å². The van der Waals surface area contributed by atoms with Crippen molar-refractivity contribution in [2.75, 3.05) is 6.54 Å². The van der Waals surface area contributed by atoms with Gasteiger partial charge in [-0.3, -0.25) is 9.69 Å². The van der Waals surface area contributed by atoms with Gasteiger partial charge in [0.15, 0.2) is 5.82 Å². The molecule has 1 aliphatic rings. The summed E-state index contributed by atoms with van der Waals surface area (Å²) >= 11 is 0. The molecule has 1 saturated heterocycles. The summed E-state index contributed by atoms with van der Waals surface area (Å²) in [6.45, 7) is 5.29. The third-order valence-corrected chi connectivity index (χ3v) is 3.41. The highest BCUT2D eigenvalue weighted by atomic mass is 16.5. The van der Waals surface area contributed by atoms with E-state index in [0.717, 1.165) is 44.5 Å². The van der Waals surface area contributed by atoms with Crippen molar-refractivity contribution in [1.82, 2.24) is 15.0 Å². The molecule has 0 saturated carbocycles. The molecule has 0 aromatic carbocycles. The van der Waals surface area contributed by atoms with Gasteiger partial charge in [0, 0.05) is 6.42 Å². The quantitative estimate of drug-likeness (QED) is 0.800. The zero-order valence-electron chi connectivity index (χ0n) is 11.2. The lowest BCUT2D eigenvalue weighted by molar-refractivity contribution is -0.123. The number of aryl methyl sites for hydroxylation is 1. The maximum Gasteiger partial charge on any atom is 0.240 e. The number of hydrogen-bond acceptors (Lipinski definition) is 5. The summed E-state index contributed by atoms with van der Waals surface area (Å²) in [6, 6.07) is 0.0280. The van der Waals surface area contributed by atoms with Gasteiger partial charge < -0.3 is 4.52 Å². The first-order valence-electron chi connectivity index (χ1n) is 6.76. The van der Waals surface area contributed by atoms with Crippen molar-refractivity contribution in [2.45, 2.75) is 58.5 Å². The molecular weight excluding hydrogens is 230 g/mol. The number of likely N-dealkylation sites (tertiary alicyclic amines) is 1. The molecule has 0 bridgehead atoms. The lowest BCUT2D eigenvalue weighted by Gasteiger charge is -2.32. The SMILES string of the molecule is CCCc1noc(CN2CCCCC2C(C)=O)n1. The van der Waals surface area contributed by atoms with E-state index in [9.17, 15) is 4.79 Å². The molecule has 1 aromatic heterocycles. The van der Waals surface area contributed by atoms with Crippen molar-refractivity contribution < 1.29 is 9.32 Å². The molecule has 0 aliphatic carbocycles. The largest absolute Gasteiger partial charge is 0.338 e. The summed E-state index contributed by atoms with van der Waals surface area (Å²) in [5.41, 5.74) is 0. The Bertz CT molecular complexity index is 403. The fraction of sp³-hybridized carbons (Fsp3) is 0.769. The van der Waals surface area contributed by atoms with Crippen LogP contribution < -0.4 is 0 Å². The summed E-state index contributed by atoms with van der Waals surface area (Å²) in [5.74, 6) is 1.64. The van der Waals surface area contributed by atoms with Gasteiger partial charge in [-0.2, -0.15) is 4.98 Å². The van der Waals surface area contributed by atoms with E-state index in [1.807, 2.05) is 0 Å². The van der Waals surface area contributed by atoms with Crippen molar-refractivity contribution in [3.8, 4) is 0 Å². The summed E-state index contributed by atoms with van der Waals surface area (Å²) in [4.78, 5) is 18.1. The summed E-state index contributed by atoms with van der Waals surface area (Å²) < 4.78 is 5.23. The van der Waals surface area contributed by atoms with Crippen LogP contribution in [0.3, 0.4) is 0 Å². The van der Waals surface area contributed by atoms with Crippen LogP contribution in [0.2, 0.25) is 0 Å². The average molecular weight is 251 g/mol. The van der Waals surface area contributed by atoms with Crippen LogP contribution in [0.4, 0.5) is 0 Å². The zero-order valence-corrected chi connectivity index (χ0v) is 11.2. The van der Waals surface area contributed by atoms with Crippen LogP contribution >= 0.6 is 0 Å². The molecule has 1 fully saturated rings. The second kappa shape index (κ2) is 6.09. The Kier molecular flexibility index (Phi) is 4.47. The number of nitrogens with zero attached hydrogens (tertiary/aromatic N) is 3. The lowest BCUT2D eigenvalue weighted by atomic mass is 9.99. The fourth-order valence-corrected chi connectivity index (χ4v) is 2.49. The maximum atomic E-state index is 11.6. The molecule has 5 heteroatoms. The molecule has 0 spiro atoms. The third kappa shape index (κ3) is 3.16. The normalized spacial score (nSPS) is 21.1. The number of carbonyl (C=O) groups is 1.